The van der Waals surface area contributed by atoms with Crippen LogP contribution in [0.2, 0.25) is 0 Å². The summed E-state index contributed by atoms with van der Waals surface area (Å²) in [5, 5.41) is 5.76. The number of nitrogens with one attached hydrogen (secondary N) is 2. The molecule has 0 saturated carbocycles. The summed E-state index contributed by atoms with van der Waals surface area (Å²) in [6.45, 7) is 0.367. The Balaban J connectivity index is 1.73. The first-order chi connectivity index (χ1) is 14.0. The lowest BCUT2D eigenvalue weighted by Gasteiger charge is -2.23. The molecule has 29 heavy (non-hydrogen) atoms. The zero-order chi connectivity index (χ0) is 20.8. The van der Waals surface area contributed by atoms with Crippen molar-refractivity contribution < 1.29 is 14.0 Å². The van der Waals surface area contributed by atoms with E-state index in [0.717, 1.165) is 5.76 Å². The van der Waals surface area contributed by atoms with Crippen LogP contribution in [-0.4, -0.2) is 37.4 Å². The highest BCUT2D eigenvalue weighted by Crippen LogP contribution is 2.21. The number of carbonyl (C=O) groups excluding carboxylic acids is 2. The average Bonchev–Trinajstić information content (AvgIpc) is 3.23. The van der Waals surface area contributed by atoms with Gasteiger partial charge in [0, 0.05) is 11.0 Å². The minimum atomic E-state index is -0.292. The number of hydrogen-bond acceptors (Lipinski definition) is 4. The van der Waals surface area contributed by atoms with Crippen LogP contribution in [0.15, 0.2) is 75.8 Å². The van der Waals surface area contributed by atoms with E-state index in [-0.39, 0.29) is 17.9 Å². The Bertz CT molecular complexity index is 986. The minimum absolute atomic E-state index is 0.101. The fourth-order valence-electron chi connectivity index (χ4n) is 2.93. The van der Waals surface area contributed by atoms with Gasteiger partial charge in [-0.25, -0.2) is 0 Å². The topological polar surface area (TPSA) is 74.6 Å². The molecule has 2 amide bonds. The fourth-order valence-corrected chi connectivity index (χ4v) is 3.39. The quantitative estimate of drug-likeness (QED) is 0.555. The Hall–Kier alpha value is -2.90. The molecular weight excluding hydrogens is 434 g/mol. The standard InChI is InChI=1S/C22H22BrN3O3/c1-26(2)19(20-12-7-13-29-20)14-24-21(27)16-9-4-6-11-18(16)25-22(28)15-8-3-5-10-17(15)23/h3-13,19H,14H2,1-2H3,(H,24,27)(H,25,28). The second kappa shape index (κ2) is 9.54. The van der Waals surface area contributed by atoms with Crippen molar-refractivity contribution in [3.05, 3.63) is 88.3 Å². The van der Waals surface area contributed by atoms with Crippen molar-refractivity contribution >= 4 is 33.4 Å². The highest BCUT2D eigenvalue weighted by molar-refractivity contribution is 9.10. The summed E-state index contributed by atoms with van der Waals surface area (Å²) < 4.78 is 6.16. The molecule has 150 valence electrons. The van der Waals surface area contributed by atoms with Crippen LogP contribution in [0.5, 0.6) is 0 Å². The highest BCUT2D eigenvalue weighted by atomic mass is 79.9. The van der Waals surface area contributed by atoms with Crippen LogP contribution in [0.25, 0.3) is 0 Å². The number of halogens is 1. The maximum atomic E-state index is 12.8. The molecule has 0 aliphatic carbocycles. The predicted octanol–water partition coefficient (Wildman–Crippen LogP) is 4.33. The van der Waals surface area contributed by atoms with Gasteiger partial charge >= 0.3 is 0 Å². The second-order valence-corrected chi connectivity index (χ2v) is 7.54. The Morgan fingerprint density at radius 1 is 0.966 bits per heavy atom. The van der Waals surface area contributed by atoms with E-state index >= 15 is 0 Å². The van der Waals surface area contributed by atoms with Crippen LogP contribution in [0, 0.1) is 0 Å². The Labute approximate surface area is 178 Å². The van der Waals surface area contributed by atoms with E-state index in [9.17, 15) is 9.59 Å². The summed E-state index contributed by atoms with van der Waals surface area (Å²) in [7, 11) is 3.84. The van der Waals surface area contributed by atoms with Gasteiger partial charge in [-0.2, -0.15) is 0 Å². The highest BCUT2D eigenvalue weighted by Gasteiger charge is 2.20. The fraction of sp³-hybridized carbons (Fsp3) is 0.182. The zero-order valence-electron chi connectivity index (χ0n) is 16.2. The lowest BCUT2D eigenvalue weighted by atomic mass is 10.1. The normalized spacial score (nSPS) is 11.9. The third-order valence-corrected chi connectivity index (χ3v) is 5.18. The minimum Gasteiger partial charge on any atom is -0.468 e. The molecule has 6 nitrogen and oxygen atoms in total. The summed E-state index contributed by atoms with van der Waals surface area (Å²) >= 11 is 3.38. The average molecular weight is 456 g/mol. The van der Waals surface area contributed by atoms with Gasteiger partial charge in [0.2, 0.25) is 0 Å². The van der Waals surface area contributed by atoms with E-state index in [1.165, 1.54) is 0 Å². The molecule has 0 radical (unpaired) electrons. The van der Waals surface area contributed by atoms with E-state index in [1.54, 1.807) is 48.7 Å². The summed E-state index contributed by atoms with van der Waals surface area (Å²) in [5.74, 6) is 0.205. The van der Waals surface area contributed by atoms with Crippen LogP contribution in [0.4, 0.5) is 5.69 Å². The van der Waals surface area contributed by atoms with Crippen LogP contribution >= 0.6 is 15.9 Å². The first kappa shape index (κ1) is 20.8. The Morgan fingerprint density at radius 3 is 2.31 bits per heavy atom. The number of benzene rings is 2. The lowest BCUT2D eigenvalue weighted by molar-refractivity contribution is 0.0940. The molecular formula is C22H22BrN3O3. The summed E-state index contributed by atoms with van der Waals surface area (Å²) in [5.41, 5.74) is 1.34. The molecule has 0 aliphatic rings. The maximum Gasteiger partial charge on any atom is 0.256 e. The largest absolute Gasteiger partial charge is 0.468 e. The maximum absolute atomic E-state index is 12.8. The zero-order valence-corrected chi connectivity index (χ0v) is 17.8. The van der Waals surface area contributed by atoms with Gasteiger partial charge in [-0.15, -0.1) is 0 Å². The van der Waals surface area contributed by atoms with Crippen LogP contribution in [0.3, 0.4) is 0 Å². The van der Waals surface area contributed by atoms with E-state index in [0.29, 0.717) is 27.8 Å². The molecule has 1 atom stereocenters. The van der Waals surface area contributed by atoms with Crippen molar-refractivity contribution in [1.29, 1.82) is 0 Å². The van der Waals surface area contributed by atoms with E-state index < -0.39 is 0 Å². The van der Waals surface area contributed by atoms with Crippen molar-refractivity contribution in [3.8, 4) is 0 Å². The molecule has 0 fully saturated rings. The van der Waals surface area contributed by atoms with Crippen molar-refractivity contribution in [2.45, 2.75) is 6.04 Å². The van der Waals surface area contributed by atoms with Crippen molar-refractivity contribution in [1.82, 2.24) is 10.2 Å². The number of carbonyl (C=O) groups is 2. The van der Waals surface area contributed by atoms with Gasteiger partial charge in [-0.05, 0) is 66.4 Å². The predicted molar refractivity (Wildman–Crippen MR) is 116 cm³/mol. The number of hydrogen-bond donors (Lipinski definition) is 2. The molecule has 1 heterocycles. The number of amides is 2. The van der Waals surface area contributed by atoms with Gasteiger partial charge in [0.05, 0.1) is 29.1 Å². The van der Waals surface area contributed by atoms with Gasteiger partial charge in [-0.1, -0.05) is 24.3 Å². The molecule has 7 heteroatoms. The van der Waals surface area contributed by atoms with E-state index in [2.05, 4.69) is 26.6 Å². The smallest absolute Gasteiger partial charge is 0.256 e. The molecule has 0 bridgehead atoms. The Morgan fingerprint density at radius 2 is 1.66 bits per heavy atom. The number of rotatable bonds is 7. The molecule has 3 rings (SSSR count). The molecule has 3 aromatic rings. The van der Waals surface area contributed by atoms with Crippen LogP contribution < -0.4 is 10.6 Å². The monoisotopic (exact) mass is 455 g/mol. The molecule has 2 N–H and O–H groups in total. The number of nitrogens with zero attached hydrogens (tertiary/aromatic N) is 1. The molecule has 0 spiro atoms. The number of likely N-dealkylation sites (N-methyl/N-ethyl adjacent to an activating group) is 1. The van der Waals surface area contributed by atoms with Crippen molar-refractivity contribution in [2.24, 2.45) is 0 Å². The number of para-hydroxylation sites is 1. The molecule has 0 aliphatic heterocycles. The van der Waals surface area contributed by atoms with Gasteiger partial charge in [-0.3, -0.25) is 14.5 Å². The summed E-state index contributed by atoms with van der Waals surface area (Å²) in [6, 6.07) is 17.7. The lowest BCUT2D eigenvalue weighted by Crippen LogP contribution is -2.34. The third kappa shape index (κ3) is 5.13. The second-order valence-electron chi connectivity index (χ2n) is 6.68. The Kier molecular flexibility index (Phi) is 6.85. The SMILES string of the molecule is CN(C)C(CNC(=O)c1ccccc1NC(=O)c1ccccc1Br)c1ccco1. The molecule has 2 aromatic carbocycles. The third-order valence-electron chi connectivity index (χ3n) is 4.49. The molecule has 1 unspecified atom stereocenters. The number of furan rings is 1. The first-order valence-corrected chi connectivity index (χ1v) is 9.89. The first-order valence-electron chi connectivity index (χ1n) is 9.10. The number of anilines is 1. The van der Waals surface area contributed by atoms with Gasteiger partial charge in [0.1, 0.15) is 5.76 Å². The van der Waals surface area contributed by atoms with Crippen molar-refractivity contribution in [2.75, 3.05) is 26.0 Å². The van der Waals surface area contributed by atoms with Gasteiger partial charge < -0.3 is 15.1 Å². The van der Waals surface area contributed by atoms with Crippen LogP contribution in [-0.2, 0) is 0 Å². The van der Waals surface area contributed by atoms with Crippen molar-refractivity contribution in [3.63, 3.8) is 0 Å². The van der Waals surface area contributed by atoms with Crippen LogP contribution in [0.1, 0.15) is 32.5 Å². The summed E-state index contributed by atoms with van der Waals surface area (Å²) in [6.07, 6.45) is 1.61. The summed E-state index contributed by atoms with van der Waals surface area (Å²) in [4.78, 5) is 27.4. The molecule has 0 saturated heterocycles. The van der Waals surface area contributed by atoms with E-state index in [4.69, 9.17) is 4.42 Å². The van der Waals surface area contributed by atoms with Gasteiger partial charge in [0.15, 0.2) is 0 Å². The molecule has 1 aromatic heterocycles. The van der Waals surface area contributed by atoms with E-state index in [1.807, 2.05) is 37.2 Å². The van der Waals surface area contributed by atoms with Gasteiger partial charge in [0.25, 0.3) is 11.8 Å².